The number of amides is 2. The molecule has 34 heavy (non-hydrogen) atoms. The molecule has 0 N–H and O–H groups in total. The van der Waals surface area contributed by atoms with E-state index in [0.29, 0.717) is 33.0 Å². The Kier molecular flexibility index (Phi) is 6.33. The molecule has 0 radical (unpaired) electrons. The van der Waals surface area contributed by atoms with Gasteiger partial charge in [0, 0.05) is 15.6 Å². The van der Waals surface area contributed by atoms with Crippen molar-refractivity contribution in [3.63, 3.8) is 0 Å². The number of halogens is 2. The molecule has 5 rings (SSSR count). The van der Waals surface area contributed by atoms with Crippen LogP contribution in [0.1, 0.15) is 11.1 Å². The van der Waals surface area contributed by atoms with E-state index in [1.54, 1.807) is 30.3 Å². The summed E-state index contributed by atoms with van der Waals surface area (Å²) < 4.78 is 6.15. The van der Waals surface area contributed by atoms with E-state index < -0.39 is 0 Å². The van der Waals surface area contributed by atoms with Crippen LogP contribution in [0.25, 0.3) is 16.8 Å². The lowest BCUT2D eigenvalue weighted by Gasteiger charge is -2.13. The van der Waals surface area contributed by atoms with Crippen molar-refractivity contribution in [1.29, 1.82) is 0 Å². The third-order valence-electron chi connectivity index (χ3n) is 5.39. The molecule has 0 saturated carbocycles. The molecule has 7 heteroatoms. The summed E-state index contributed by atoms with van der Waals surface area (Å²) in [4.78, 5) is 27.4. The van der Waals surface area contributed by atoms with Crippen LogP contribution >= 0.6 is 35.0 Å². The number of carbonyl (C=O) groups is 2. The standard InChI is InChI=1S/C27H17Cl2NO3S/c28-19-8-5-17(6-9-19)16-33-24-14-7-18-3-1-2-4-22(18)23(24)15-25-26(31)30(27(32)34-25)21-12-10-20(29)11-13-21/h1-15H,16H2/b25-15+. The highest BCUT2D eigenvalue weighted by Gasteiger charge is 2.36. The number of nitrogens with zero attached hydrogens (tertiary/aromatic N) is 1. The fourth-order valence-corrected chi connectivity index (χ4v) is 4.78. The Bertz CT molecular complexity index is 1430. The highest BCUT2D eigenvalue weighted by molar-refractivity contribution is 8.19. The largest absolute Gasteiger partial charge is 0.488 e. The van der Waals surface area contributed by atoms with Gasteiger partial charge in [-0.15, -0.1) is 0 Å². The Morgan fingerprint density at radius 2 is 1.50 bits per heavy atom. The number of thioether (sulfide) groups is 1. The Labute approximate surface area is 210 Å². The van der Waals surface area contributed by atoms with Crippen LogP contribution in [-0.2, 0) is 11.4 Å². The first-order valence-electron chi connectivity index (χ1n) is 10.4. The van der Waals surface area contributed by atoms with Crippen LogP contribution < -0.4 is 9.64 Å². The van der Waals surface area contributed by atoms with Crippen LogP contribution in [0.2, 0.25) is 10.0 Å². The van der Waals surface area contributed by atoms with Crippen molar-refractivity contribution in [2.75, 3.05) is 4.90 Å². The molecule has 0 unspecified atom stereocenters. The van der Waals surface area contributed by atoms with Crippen molar-refractivity contribution in [1.82, 2.24) is 0 Å². The van der Waals surface area contributed by atoms with Gasteiger partial charge < -0.3 is 4.74 Å². The quantitative estimate of drug-likeness (QED) is 0.258. The minimum absolute atomic E-state index is 0.327. The summed E-state index contributed by atoms with van der Waals surface area (Å²) >= 11 is 12.8. The molecule has 168 valence electrons. The maximum Gasteiger partial charge on any atom is 0.298 e. The monoisotopic (exact) mass is 505 g/mol. The van der Waals surface area contributed by atoms with E-state index in [4.69, 9.17) is 27.9 Å². The van der Waals surface area contributed by atoms with Gasteiger partial charge in [0.1, 0.15) is 12.4 Å². The van der Waals surface area contributed by atoms with E-state index in [0.717, 1.165) is 38.6 Å². The number of ether oxygens (including phenoxy) is 1. The Morgan fingerprint density at radius 3 is 2.24 bits per heavy atom. The molecule has 4 aromatic carbocycles. The highest BCUT2D eigenvalue weighted by Crippen LogP contribution is 2.39. The van der Waals surface area contributed by atoms with E-state index in [2.05, 4.69) is 0 Å². The predicted molar refractivity (Wildman–Crippen MR) is 140 cm³/mol. The first-order valence-corrected chi connectivity index (χ1v) is 12.0. The molecular formula is C27H17Cl2NO3S. The maximum absolute atomic E-state index is 13.2. The summed E-state index contributed by atoms with van der Waals surface area (Å²) in [6.45, 7) is 0.336. The number of hydrogen-bond acceptors (Lipinski definition) is 4. The van der Waals surface area contributed by atoms with Crippen LogP contribution in [0.4, 0.5) is 10.5 Å². The van der Waals surface area contributed by atoms with Crippen LogP contribution in [0, 0.1) is 0 Å². The van der Waals surface area contributed by atoms with E-state index in [-0.39, 0.29) is 11.1 Å². The normalized spacial score (nSPS) is 14.9. The Morgan fingerprint density at radius 1 is 0.824 bits per heavy atom. The fraction of sp³-hybridized carbons (Fsp3) is 0.0370. The molecule has 1 heterocycles. The third kappa shape index (κ3) is 4.55. The zero-order chi connectivity index (χ0) is 23.7. The van der Waals surface area contributed by atoms with Crippen molar-refractivity contribution in [2.45, 2.75) is 6.61 Å². The molecule has 0 spiro atoms. The Balaban J connectivity index is 1.52. The smallest absolute Gasteiger partial charge is 0.298 e. The molecule has 1 saturated heterocycles. The van der Waals surface area contributed by atoms with Crippen molar-refractivity contribution in [3.05, 3.63) is 111 Å². The lowest BCUT2D eigenvalue weighted by Crippen LogP contribution is -2.27. The summed E-state index contributed by atoms with van der Waals surface area (Å²) in [5.41, 5.74) is 2.19. The maximum atomic E-state index is 13.2. The van der Waals surface area contributed by atoms with Crippen LogP contribution in [0.5, 0.6) is 5.75 Å². The second kappa shape index (κ2) is 9.55. The number of carbonyl (C=O) groups excluding carboxylic acids is 2. The van der Waals surface area contributed by atoms with Gasteiger partial charge in [-0.05, 0) is 76.6 Å². The van der Waals surface area contributed by atoms with Gasteiger partial charge in [0.15, 0.2) is 0 Å². The molecule has 0 aliphatic carbocycles. The van der Waals surface area contributed by atoms with E-state index >= 15 is 0 Å². The molecule has 1 aliphatic rings. The molecule has 1 fully saturated rings. The first-order chi connectivity index (χ1) is 16.5. The minimum atomic E-state index is -0.381. The fourth-order valence-electron chi connectivity index (χ4n) is 3.70. The Hall–Kier alpha value is -3.25. The molecule has 2 amide bonds. The highest BCUT2D eigenvalue weighted by atomic mass is 35.5. The second-order valence-electron chi connectivity index (χ2n) is 7.61. The molecule has 0 aromatic heterocycles. The van der Waals surface area contributed by atoms with Gasteiger partial charge in [0.25, 0.3) is 11.1 Å². The number of fused-ring (bicyclic) bond motifs is 1. The summed E-state index contributed by atoms with van der Waals surface area (Å²) in [5, 5.41) is 2.76. The van der Waals surface area contributed by atoms with Crippen LogP contribution in [-0.4, -0.2) is 11.1 Å². The van der Waals surface area contributed by atoms with Crippen LogP contribution in [0.3, 0.4) is 0 Å². The summed E-state index contributed by atoms with van der Waals surface area (Å²) in [5.74, 6) is 0.237. The van der Waals surface area contributed by atoms with E-state index in [1.165, 1.54) is 0 Å². The SMILES string of the molecule is O=C1S/C(=C/c2c(OCc3ccc(Cl)cc3)ccc3ccccc23)C(=O)N1c1ccc(Cl)cc1. The molecule has 0 atom stereocenters. The minimum Gasteiger partial charge on any atom is -0.488 e. The average Bonchev–Trinajstić information content (AvgIpc) is 3.13. The number of hydrogen-bond donors (Lipinski definition) is 0. The predicted octanol–water partition coefficient (Wildman–Crippen LogP) is 7.97. The van der Waals surface area contributed by atoms with Gasteiger partial charge in [0.2, 0.25) is 0 Å². The summed E-state index contributed by atoms with van der Waals surface area (Å²) in [6.07, 6.45) is 1.74. The topological polar surface area (TPSA) is 46.6 Å². The molecule has 4 aromatic rings. The summed E-state index contributed by atoms with van der Waals surface area (Å²) in [6, 6.07) is 25.8. The second-order valence-corrected chi connectivity index (χ2v) is 9.47. The number of anilines is 1. The average molecular weight is 506 g/mol. The molecule has 0 bridgehead atoms. The lowest BCUT2D eigenvalue weighted by molar-refractivity contribution is -0.113. The van der Waals surface area contributed by atoms with E-state index in [1.807, 2.05) is 60.7 Å². The third-order valence-corrected chi connectivity index (χ3v) is 6.77. The number of benzene rings is 4. The van der Waals surface area contributed by atoms with Gasteiger partial charge in [-0.25, -0.2) is 4.90 Å². The summed E-state index contributed by atoms with van der Waals surface area (Å²) in [7, 11) is 0. The van der Waals surface area contributed by atoms with Gasteiger partial charge in [0.05, 0.1) is 10.6 Å². The van der Waals surface area contributed by atoms with Crippen LogP contribution in [0.15, 0.2) is 89.8 Å². The van der Waals surface area contributed by atoms with Crippen molar-refractivity contribution >= 4 is 68.6 Å². The lowest BCUT2D eigenvalue weighted by atomic mass is 10.0. The van der Waals surface area contributed by atoms with Gasteiger partial charge >= 0.3 is 0 Å². The molecular weight excluding hydrogens is 489 g/mol. The van der Waals surface area contributed by atoms with Gasteiger partial charge in [-0.3, -0.25) is 9.59 Å². The van der Waals surface area contributed by atoms with Crippen molar-refractivity contribution in [3.8, 4) is 5.75 Å². The zero-order valence-electron chi connectivity index (χ0n) is 17.7. The molecule has 4 nitrogen and oxygen atoms in total. The zero-order valence-corrected chi connectivity index (χ0v) is 20.0. The first kappa shape index (κ1) is 22.5. The van der Waals surface area contributed by atoms with Crippen molar-refractivity contribution in [2.24, 2.45) is 0 Å². The van der Waals surface area contributed by atoms with Gasteiger partial charge in [-0.2, -0.15) is 0 Å². The number of imide groups is 1. The number of rotatable bonds is 5. The van der Waals surface area contributed by atoms with Gasteiger partial charge in [-0.1, -0.05) is 65.7 Å². The molecule has 1 aliphatic heterocycles. The van der Waals surface area contributed by atoms with Crippen molar-refractivity contribution < 1.29 is 14.3 Å². The van der Waals surface area contributed by atoms with E-state index in [9.17, 15) is 9.59 Å².